The number of Topliss-reactive ketones (excluding diaryl/α,β-unsaturated/α-hetero) is 1. The van der Waals surface area contributed by atoms with Crippen LogP contribution in [0.15, 0.2) is 24.3 Å². The molecule has 0 amide bonds. The Morgan fingerprint density at radius 1 is 0.897 bits per heavy atom. The van der Waals surface area contributed by atoms with Crippen LogP contribution in [0.3, 0.4) is 0 Å². The minimum Gasteiger partial charge on any atom is -0.507 e. The molecule has 0 aromatic heterocycles. The first-order valence-corrected chi connectivity index (χ1v) is 19.9. The van der Waals surface area contributed by atoms with Gasteiger partial charge in [0.15, 0.2) is 30.4 Å². The molecule has 0 radical (unpaired) electrons. The largest absolute Gasteiger partial charge is 0.507 e. The number of carbonyl (C=O) groups excluding carboxylic acids is 4. The molecule has 2 aromatic rings. The molecule has 13 atom stereocenters. The molecule has 3 saturated heterocycles. The Bertz CT molecular complexity index is 1940. The number of phenolic OH excluding ortho intramolecular Hbond substituents is 2. The minimum atomic E-state index is -1.76. The molecular weight excluding hydrogens is 758 g/mol. The highest BCUT2D eigenvalue weighted by Crippen LogP contribution is 2.54. The van der Waals surface area contributed by atoms with Gasteiger partial charge in [0, 0.05) is 54.8 Å². The molecular formula is C42H53NO15. The summed E-state index contributed by atoms with van der Waals surface area (Å²) in [7, 11) is 4.91. The van der Waals surface area contributed by atoms with E-state index in [0.29, 0.717) is 12.8 Å². The van der Waals surface area contributed by atoms with E-state index in [0.717, 1.165) is 0 Å². The number of likely N-dealkylation sites (N-methyl/N-ethyl adjacent to an activating group) is 1. The van der Waals surface area contributed by atoms with Gasteiger partial charge in [-0.1, -0.05) is 19.1 Å². The summed E-state index contributed by atoms with van der Waals surface area (Å²) in [6.07, 6.45) is -6.64. The number of esters is 1. The number of hydrogen-bond acceptors (Lipinski definition) is 16. The number of aromatic hydroxyl groups is 2. The van der Waals surface area contributed by atoms with E-state index in [2.05, 4.69) is 0 Å². The lowest BCUT2D eigenvalue weighted by Gasteiger charge is -2.48. The summed E-state index contributed by atoms with van der Waals surface area (Å²) in [5, 5.41) is 45.9. The van der Waals surface area contributed by atoms with Crippen LogP contribution < -0.4 is 0 Å². The highest BCUT2D eigenvalue weighted by Gasteiger charge is 2.53. The van der Waals surface area contributed by atoms with E-state index < -0.39 is 102 Å². The van der Waals surface area contributed by atoms with Gasteiger partial charge in [-0.15, -0.1) is 0 Å². The molecule has 3 heterocycles. The molecule has 5 aliphatic rings. The lowest BCUT2D eigenvalue weighted by atomic mass is 9.67. The van der Waals surface area contributed by atoms with E-state index in [-0.39, 0.29) is 70.9 Å². The summed E-state index contributed by atoms with van der Waals surface area (Å²) in [6, 6.07) is 5.11. The Hall–Kier alpha value is -3.84. The van der Waals surface area contributed by atoms with Crippen molar-refractivity contribution in [2.45, 2.75) is 145 Å². The number of rotatable bonds is 9. The number of nitrogens with zero attached hydrogens (tertiary/aromatic N) is 1. The second-order valence-electron chi connectivity index (χ2n) is 16.3. The molecule has 0 unspecified atom stereocenters. The highest BCUT2D eigenvalue weighted by atomic mass is 16.7. The zero-order chi connectivity index (χ0) is 42.0. The third-order valence-corrected chi connectivity index (χ3v) is 12.4. The Kier molecular flexibility index (Phi) is 11.9. The Morgan fingerprint density at radius 2 is 1.57 bits per heavy atom. The summed E-state index contributed by atoms with van der Waals surface area (Å²) in [4.78, 5) is 55.0. The predicted molar refractivity (Wildman–Crippen MR) is 201 cm³/mol. The van der Waals surface area contributed by atoms with Gasteiger partial charge in [0.25, 0.3) is 0 Å². The van der Waals surface area contributed by atoms with Crippen molar-refractivity contribution in [3.05, 3.63) is 57.6 Å². The maximum Gasteiger partial charge on any atom is 0.316 e. The van der Waals surface area contributed by atoms with Gasteiger partial charge in [0.1, 0.15) is 35.7 Å². The first kappa shape index (κ1) is 42.3. The van der Waals surface area contributed by atoms with E-state index >= 15 is 0 Å². The number of ketones is 3. The van der Waals surface area contributed by atoms with Crippen LogP contribution in [-0.2, 0) is 42.7 Å². The molecule has 316 valence electrons. The molecule has 3 aliphatic heterocycles. The zero-order valence-electron chi connectivity index (χ0n) is 33.7. The number of fused-ring (bicyclic) bond motifs is 3. The van der Waals surface area contributed by atoms with Crippen LogP contribution in [0.25, 0.3) is 0 Å². The van der Waals surface area contributed by atoms with Crippen molar-refractivity contribution in [1.82, 2.24) is 4.90 Å². The molecule has 58 heavy (non-hydrogen) atoms. The number of phenols is 2. The fourth-order valence-electron chi connectivity index (χ4n) is 9.27. The van der Waals surface area contributed by atoms with Gasteiger partial charge in [-0.05, 0) is 59.0 Å². The number of aliphatic hydroxyl groups excluding tert-OH is 1. The SMILES string of the molecule is CC[C@@]1(O)C[C@H](O[C@@H]2C[C@H](N(C)C)[C@H](O[C@H]3C[C@H](O)[C@H](O[C@@H]4CCC(=O)[C@H](C)O4)[C@H](C)O3)[C@H](C)O2)c2c(cc3c(c2O)C(=O)c2c(O)cccc2C3=O)[C@H]1C(=O)OC. The minimum absolute atomic E-state index is 0.00573. The fraction of sp³-hybridized carbons (Fsp3) is 0.619. The molecule has 2 aliphatic carbocycles. The third-order valence-electron chi connectivity index (χ3n) is 12.4. The van der Waals surface area contributed by atoms with Gasteiger partial charge < -0.3 is 58.5 Å². The molecule has 2 aromatic carbocycles. The van der Waals surface area contributed by atoms with Crippen LogP contribution in [0, 0.1) is 0 Å². The number of hydrogen-bond donors (Lipinski definition) is 4. The Balaban J connectivity index is 1.13. The van der Waals surface area contributed by atoms with Crippen molar-refractivity contribution in [2.75, 3.05) is 21.2 Å². The molecule has 0 bridgehead atoms. The van der Waals surface area contributed by atoms with Gasteiger partial charge in [-0.3, -0.25) is 19.2 Å². The first-order chi connectivity index (χ1) is 27.5. The van der Waals surface area contributed by atoms with Crippen LogP contribution in [0.2, 0.25) is 0 Å². The third kappa shape index (κ3) is 7.47. The lowest BCUT2D eigenvalue weighted by molar-refractivity contribution is -0.324. The number of carbonyl (C=O) groups is 4. The predicted octanol–water partition coefficient (Wildman–Crippen LogP) is 3.16. The number of aliphatic hydroxyl groups is 2. The smallest absolute Gasteiger partial charge is 0.316 e. The summed E-state index contributed by atoms with van der Waals surface area (Å²) < 4.78 is 42.6. The van der Waals surface area contributed by atoms with Crippen molar-refractivity contribution in [1.29, 1.82) is 0 Å². The van der Waals surface area contributed by atoms with E-state index in [4.69, 9.17) is 33.2 Å². The molecule has 7 rings (SSSR count). The first-order valence-electron chi connectivity index (χ1n) is 19.9. The molecule has 4 N–H and O–H groups in total. The number of methoxy groups -OCH3 is 1. The van der Waals surface area contributed by atoms with E-state index in [1.807, 2.05) is 19.0 Å². The fourth-order valence-corrected chi connectivity index (χ4v) is 9.27. The summed E-state index contributed by atoms with van der Waals surface area (Å²) in [5.41, 5.74) is -2.49. The molecule has 16 heteroatoms. The van der Waals surface area contributed by atoms with E-state index in [9.17, 15) is 39.6 Å². The zero-order valence-corrected chi connectivity index (χ0v) is 33.7. The number of benzene rings is 2. The topological polar surface area (TPSA) is 217 Å². The molecule has 16 nitrogen and oxygen atoms in total. The maximum atomic E-state index is 13.9. The van der Waals surface area contributed by atoms with Crippen LogP contribution in [0.1, 0.15) is 121 Å². The number of ether oxygens (including phenoxy) is 7. The standard InChI is InChI=1S/C42H53NO15/c1-8-42(51)17-28(33-22(35(42)41(50)52-7)14-23-34(38(33)49)37(48)32-21(36(23)47)10-9-11-26(32)45)56-30-15-24(43(5)6)39(19(3)54-30)58-31-16-27(46)40(20(4)55-31)57-29-13-12-25(44)18(2)53-29/h9-11,14,18-20,24,27-31,35,39-40,45-46,49,51H,8,12-13,15-17H2,1-7H3/t18-,19-,20-,24-,27-,28-,29+,30+,31-,35-,39+,40+,42+/m0/s1. The van der Waals surface area contributed by atoms with Gasteiger partial charge in [0.05, 0.1) is 48.3 Å². The van der Waals surface area contributed by atoms with Gasteiger partial charge in [-0.25, -0.2) is 0 Å². The van der Waals surface area contributed by atoms with Crippen LogP contribution >= 0.6 is 0 Å². The summed E-state index contributed by atoms with van der Waals surface area (Å²) in [6.45, 7) is 6.95. The van der Waals surface area contributed by atoms with E-state index in [1.54, 1.807) is 27.7 Å². The molecule has 0 spiro atoms. The van der Waals surface area contributed by atoms with Gasteiger partial charge >= 0.3 is 5.97 Å². The van der Waals surface area contributed by atoms with Crippen molar-refractivity contribution >= 4 is 23.3 Å². The van der Waals surface area contributed by atoms with Crippen molar-refractivity contribution in [2.24, 2.45) is 0 Å². The Labute approximate surface area is 336 Å². The van der Waals surface area contributed by atoms with Gasteiger partial charge in [-0.2, -0.15) is 0 Å². The second kappa shape index (κ2) is 16.3. The lowest BCUT2D eigenvalue weighted by Crippen LogP contribution is -2.58. The highest BCUT2D eigenvalue weighted by molar-refractivity contribution is 6.30. The van der Waals surface area contributed by atoms with E-state index in [1.165, 1.54) is 31.4 Å². The average molecular weight is 812 g/mol. The quantitative estimate of drug-likeness (QED) is 0.228. The van der Waals surface area contributed by atoms with Crippen molar-refractivity contribution < 1.29 is 72.8 Å². The maximum absolute atomic E-state index is 13.9. The average Bonchev–Trinajstić information content (AvgIpc) is 3.17. The van der Waals surface area contributed by atoms with Gasteiger partial charge in [0.2, 0.25) is 5.78 Å². The van der Waals surface area contributed by atoms with Crippen molar-refractivity contribution in [3.8, 4) is 11.5 Å². The van der Waals surface area contributed by atoms with Crippen LogP contribution in [-0.4, -0.2) is 137 Å². The van der Waals surface area contributed by atoms with Crippen LogP contribution in [0.4, 0.5) is 0 Å². The monoisotopic (exact) mass is 811 g/mol. The van der Waals surface area contributed by atoms with Crippen LogP contribution in [0.5, 0.6) is 11.5 Å². The second-order valence-corrected chi connectivity index (χ2v) is 16.3. The normalized spacial score (nSPS) is 36.3. The molecule has 0 saturated carbocycles. The summed E-state index contributed by atoms with van der Waals surface area (Å²) >= 11 is 0. The Morgan fingerprint density at radius 3 is 2.21 bits per heavy atom. The summed E-state index contributed by atoms with van der Waals surface area (Å²) in [5.74, 6) is -4.59. The van der Waals surface area contributed by atoms with Crippen molar-refractivity contribution in [3.63, 3.8) is 0 Å². The molecule has 3 fully saturated rings.